The maximum atomic E-state index is 9.31. The average Bonchev–Trinajstić information content (AvgIpc) is 2.83. The Morgan fingerprint density at radius 3 is 2.88 bits per heavy atom. The van der Waals surface area contributed by atoms with Crippen LogP contribution in [0.25, 0.3) is 0 Å². The fourth-order valence-corrected chi connectivity index (χ4v) is 2.36. The molecule has 0 amide bonds. The molecule has 0 bridgehead atoms. The van der Waals surface area contributed by atoms with Crippen molar-refractivity contribution in [3.63, 3.8) is 0 Å². The summed E-state index contributed by atoms with van der Waals surface area (Å²) in [5.74, 6) is 1.25. The predicted octanol–water partition coefficient (Wildman–Crippen LogP) is 1.80. The summed E-state index contributed by atoms with van der Waals surface area (Å²) in [6.07, 6.45) is 3.01. The van der Waals surface area contributed by atoms with Crippen LogP contribution in [-0.4, -0.2) is 40.2 Å². The number of oxazole rings is 1. The molecule has 0 aromatic carbocycles. The SMILES string of the molecule is CC(O)Cc1coc(C2CCN(C(C)C)C2)n1. The summed E-state index contributed by atoms with van der Waals surface area (Å²) in [7, 11) is 0. The number of aliphatic hydroxyl groups is 1. The van der Waals surface area contributed by atoms with E-state index in [-0.39, 0.29) is 6.10 Å². The highest BCUT2D eigenvalue weighted by Gasteiger charge is 2.28. The van der Waals surface area contributed by atoms with Crippen LogP contribution in [0.3, 0.4) is 0 Å². The first kappa shape index (κ1) is 12.6. The van der Waals surface area contributed by atoms with E-state index in [0.29, 0.717) is 18.4 Å². The maximum Gasteiger partial charge on any atom is 0.198 e. The van der Waals surface area contributed by atoms with Gasteiger partial charge in [0.2, 0.25) is 0 Å². The van der Waals surface area contributed by atoms with Crippen LogP contribution >= 0.6 is 0 Å². The molecule has 1 aromatic rings. The average molecular weight is 238 g/mol. The monoisotopic (exact) mass is 238 g/mol. The van der Waals surface area contributed by atoms with E-state index in [1.807, 2.05) is 0 Å². The van der Waals surface area contributed by atoms with Crippen LogP contribution in [0.1, 0.15) is 44.7 Å². The number of rotatable bonds is 4. The van der Waals surface area contributed by atoms with Gasteiger partial charge in [-0.1, -0.05) is 0 Å². The molecule has 0 radical (unpaired) electrons. The molecule has 2 heterocycles. The summed E-state index contributed by atoms with van der Waals surface area (Å²) in [4.78, 5) is 6.92. The van der Waals surface area contributed by atoms with Crippen molar-refractivity contribution in [3.8, 4) is 0 Å². The normalized spacial score (nSPS) is 23.5. The quantitative estimate of drug-likeness (QED) is 0.869. The molecule has 4 nitrogen and oxygen atoms in total. The van der Waals surface area contributed by atoms with E-state index in [1.165, 1.54) is 0 Å². The number of hydrogen-bond donors (Lipinski definition) is 1. The summed E-state index contributed by atoms with van der Waals surface area (Å²) >= 11 is 0. The van der Waals surface area contributed by atoms with Gasteiger partial charge in [0.15, 0.2) is 5.89 Å². The van der Waals surface area contributed by atoms with E-state index in [4.69, 9.17) is 4.42 Å². The minimum absolute atomic E-state index is 0.358. The van der Waals surface area contributed by atoms with Gasteiger partial charge in [0.1, 0.15) is 6.26 Å². The van der Waals surface area contributed by atoms with E-state index >= 15 is 0 Å². The smallest absolute Gasteiger partial charge is 0.198 e. The lowest BCUT2D eigenvalue weighted by atomic mass is 10.1. The second-order valence-electron chi connectivity index (χ2n) is 5.30. The highest BCUT2D eigenvalue weighted by atomic mass is 16.3. The maximum absolute atomic E-state index is 9.31. The molecule has 0 saturated carbocycles. The van der Waals surface area contributed by atoms with Crippen LogP contribution < -0.4 is 0 Å². The van der Waals surface area contributed by atoms with E-state index < -0.39 is 0 Å². The zero-order valence-electron chi connectivity index (χ0n) is 10.9. The summed E-state index contributed by atoms with van der Waals surface area (Å²) in [5, 5.41) is 9.31. The Balaban J connectivity index is 1.97. The molecule has 1 N–H and O–H groups in total. The Hall–Kier alpha value is -0.870. The van der Waals surface area contributed by atoms with Crippen LogP contribution in [0.2, 0.25) is 0 Å². The minimum Gasteiger partial charge on any atom is -0.448 e. The fourth-order valence-electron chi connectivity index (χ4n) is 2.36. The third-order valence-electron chi connectivity index (χ3n) is 3.37. The lowest BCUT2D eigenvalue weighted by Gasteiger charge is -2.19. The summed E-state index contributed by atoms with van der Waals surface area (Å²) in [6.45, 7) is 8.36. The minimum atomic E-state index is -0.358. The lowest BCUT2D eigenvalue weighted by Crippen LogP contribution is -2.27. The molecule has 0 spiro atoms. The Labute approximate surface area is 103 Å². The van der Waals surface area contributed by atoms with E-state index in [2.05, 4.69) is 23.7 Å². The predicted molar refractivity (Wildman–Crippen MR) is 66.0 cm³/mol. The molecule has 2 atom stereocenters. The van der Waals surface area contributed by atoms with Crippen molar-refractivity contribution < 1.29 is 9.52 Å². The topological polar surface area (TPSA) is 49.5 Å². The van der Waals surface area contributed by atoms with Crippen LogP contribution in [0.15, 0.2) is 10.7 Å². The Bertz CT molecular complexity index is 360. The van der Waals surface area contributed by atoms with Crippen molar-refractivity contribution in [1.82, 2.24) is 9.88 Å². The number of aromatic nitrogens is 1. The molecule has 1 saturated heterocycles. The molecular weight excluding hydrogens is 216 g/mol. The molecular formula is C13H22N2O2. The van der Waals surface area contributed by atoms with Crippen LogP contribution in [0, 0.1) is 0 Å². The van der Waals surface area contributed by atoms with Gasteiger partial charge in [0, 0.05) is 24.9 Å². The summed E-state index contributed by atoms with van der Waals surface area (Å²) < 4.78 is 5.53. The number of hydrogen-bond acceptors (Lipinski definition) is 4. The van der Waals surface area contributed by atoms with E-state index in [0.717, 1.165) is 31.1 Å². The van der Waals surface area contributed by atoms with Gasteiger partial charge in [-0.3, -0.25) is 0 Å². The first-order chi connectivity index (χ1) is 8.06. The first-order valence-electron chi connectivity index (χ1n) is 6.42. The third-order valence-corrected chi connectivity index (χ3v) is 3.37. The highest BCUT2D eigenvalue weighted by molar-refractivity contribution is 5.04. The summed E-state index contributed by atoms with van der Waals surface area (Å²) in [6, 6.07) is 0.590. The van der Waals surface area contributed by atoms with Gasteiger partial charge in [0.05, 0.1) is 11.8 Å². The zero-order chi connectivity index (χ0) is 12.4. The van der Waals surface area contributed by atoms with Crippen LogP contribution in [-0.2, 0) is 6.42 Å². The fraction of sp³-hybridized carbons (Fsp3) is 0.769. The molecule has 0 aliphatic carbocycles. The van der Waals surface area contributed by atoms with Crippen molar-refractivity contribution >= 4 is 0 Å². The number of nitrogens with zero attached hydrogens (tertiary/aromatic N) is 2. The third kappa shape index (κ3) is 3.07. The molecule has 2 unspecified atom stereocenters. The van der Waals surface area contributed by atoms with Gasteiger partial charge in [-0.15, -0.1) is 0 Å². The van der Waals surface area contributed by atoms with E-state index in [9.17, 15) is 5.11 Å². The molecule has 1 aromatic heterocycles. The van der Waals surface area contributed by atoms with Gasteiger partial charge >= 0.3 is 0 Å². The van der Waals surface area contributed by atoms with Crippen molar-refractivity contribution in [1.29, 1.82) is 0 Å². The molecule has 17 heavy (non-hydrogen) atoms. The highest BCUT2D eigenvalue weighted by Crippen LogP contribution is 2.27. The van der Waals surface area contributed by atoms with Crippen LogP contribution in [0.5, 0.6) is 0 Å². The molecule has 1 fully saturated rings. The van der Waals surface area contributed by atoms with Gasteiger partial charge in [-0.05, 0) is 33.7 Å². The molecule has 2 rings (SSSR count). The van der Waals surface area contributed by atoms with Crippen LogP contribution in [0.4, 0.5) is 0 Å². The van der Waals surface area contributed by atoms with Crippen molar-refractivity contribution in [2.24, 2.45) is 0 Å². The van der Waals surface area contributed by atoms with Gasteiger partial charge in [-0.2, -0.15) is 0 Å². The Morgan fingerprint density at radius 1 is 1.53 bits per heavy atom. The largest absolute Gasteiger partial charge is 0.448 e. The molecule has 96 valence electrons. The van der Waals surface area contributed by atoms with Gasteiger partial charge in [-0.25, -0.2) is 4.98 Å². The molecule has 1 aliphatic rings. The van der Waals surface area contributed by atoms with Crippen molar-refractivity contribution in [2.75, 3.05) is 13.1 Å². The summed E-state index contributed by atoms with van der Waals surface area (Å²) in [5.41, 5.74) is 0.859. The Morgan fingerprint density at radius 2 is 2.29 bits per heavy atom. The number of aliphatic hydroxyl groups excluding tert-OH is 1. The number of likely N-dealkylation sites (tertiary alicyclic amines) is 1. The molecule has 1 aliphatic heterocycles. The second-order valence-corrected chi connectivity index (χ2v) is 5.30. The Kier molecular flexibility index (Phi) is 3.84. The standard InChI is InChI=1S/C13H22N2O2/c1-9(2)15-5-4-11(7-15)13-14-12(8-17-13)6-10(3)16/h8-11,16H,4-7H2,1-3H3. The first-order valence-corrected chi connectivity index (χ1v) is 6.42. The molecule has 4 heteroatoms. The second kappa shape index (κ2) is 5.19. The lowest BCUT2D eigenvalue weighted by molar-refractivity contribution is 0.194. The van der Waals surface area contributed by atoms with E-state index in [1.54, 1.807) is 13.2 Å². The van der Waals surface area contributed by atoms with Gasteiger partial charge < -0.3 is 14.4 Å². The van der Waals surface area contributed by atoms with Gasteiger partial charge in [0.25, 0.3) is 0 Å². The zero-order valence-corrected chi connectivity index (χ0v) is 10.9. The van der Waals surface area contributed by atoms with Crippen molar-refractivity contribution in [3.05, 3.63) is 17.8 Å². The van der Waals surface area contributed by atoms with Crippen molar-refractivity contribution in [2.45, 2.75) is 51.7 Å².